The number of hydrogen-bond acceptors (Lipinski definition) is 3. The Hall–Kier alpha value is -2.43. The summed E-state index contributed by atoms with van der Waals surface area (Å²) < 4.78 is 1.42. The van der Waals surface area contributed by atoms with E-state index in [1.807, 2.05) is 0 Å². The molecule has 0 amide bonds. The lowest BCUT2D eigenvalue weighted by Gasteiger charge is -2.16. The molecule has 0 atom stereocenters. The predicted octanol–water partition coefficient (Wildman–Crippen LogP) is 1.87. The Labute approximate surface area is 121 Å². The minimum Gasteiger partial charge on any atom is -0.478 e. The highest BCUT2D eigenvalue weighted by molar-refractivity contribution is 5.87. The van der Waals surface area contributed by atoms with E-state index in [2.05, 4.69) is 5.10 Å². The van der Waals surface area contributed by atoms with Crippen LogP contribution < -0.4 is 5.56 Å². The van der Waals surface area contributed by atoms with Crippen molar-refractivity contribution in [1.29, 1.82) is 0 Å². The Bertz CT molecular complexity index is 749. The zero-order valence-corrected chi connectivity index (χ0v) is 11.6. The largest absolute Gasteiger partial charge is 0.478 e. The quantitative estimate of drug-likeness (QED) is 0.934. The van der Waals surface area contributed by atoms with Crippen molar-refractivity contribution in [1.82, 2.24) is 9.78 Å². The molecule has 21 heavy (non-hydrogen) atoms. The lowest BCUT2D eigenvalue weighted by Crippen LogP contribution is -2.26. The monoisotopic (exact) mass is 284 g/mol. The molecule has 3 rings (SSSR count). The molecule has 0 saturated heterocycles. The fourth-order valence-electron chi connectivity index (χ4n) is 2.69. The lowest BCUT2D eigenvalue weighted by molar-refractivity contribution is 0.0696. The minimum absolute atomic E-state index is 0.128. The summed E-state index contributed by atoms with van der Waals surface area (Å²) >= 11 is 0. The zero-order chi connectivity index (χ0) is 14.8. The summed E-state index contributed by atoms with van der Waals surface area (Å²) in [6, 6.07) is 8.27. The van der Waals surface area contributed by atoms with E-state index < -0.39 is 5.97 Å². The maximum Gasteiger partial charge on any atom is 0.335 e. The molecule has 1 N–H and O–H groups in total. The maximum absolute atomic E-state index is 12.1. The molecule has 2 aromatic rings. The number of carboxylic acid groups (broad SMARTS) is 1. The second kappa shape index (κ2) is 5.52. The molecule has 1 aliphatic carbocycles. The number of aromatic carboxylic acids is 1. The summed E-state index contributed by atoms with van der Waals surface area (Å²) in [4.78, 5) is 23.1. The van der Waals surface area contributed by atoms with Gasteiger partial charge in [0.05, 0.1) is 17.8 Å². The third-order valence-corrected chi connectivity index (χ3v) is 3.78. The van der Waals surface area contributed by atoms with Crippen molar-refractivity contribution in [2.24, 2.45) is 0 Å². The van der Waals surface area contributed by atoms with Gasteiger partial charge in [0.1, 0.15) is 0 Å². The summed E-state index contributed by atoms with van der Waals surface area (Å²) in [6.45, 7) is 0.299. The number of nitrogens with zero attached hydrogens (tertiary/aromatic N) is 2. The van der Waals surface area contributed by atoms with Gasteiger partial charge >= 0.3 is 5.97 Å². The Balaban J connectivity index is 1.93. The molecular weight excluding hydrogens is 268 g/mol. The fourth-order valence-corrected chi connectivity index (χ4v) is 2.69. The first kappa shape index (κ1) is 13.5. The first-order valence-electron chi connectivity index (χ1n) is 7.05. The molecule has 108 valence electrons. The number of carbonyl (C=O) groups is 1. The van der Waals surface area contributed by atoms with E-state index >= 15 is 0 Å². The summed E-state index contributed by atoms with van der Waals surface area (Å²) in [5.41, 5.74) is 2.91. The highest BCUT2D eigenvalue weighted by Gasteiger charge is 2.13. The summed E-state index contributed by atoms with van der Waals surface area (Å²) in [5, 5.41) is 13.4. The van der Waals surface area contributed by atoms with Crippen molar-refractivity contribution >= 4 is 5.97 Å². The van der Waals surface area contributed by atoms with Crippen LogP contribution in [-0.2, 0) is 19.4 Å². The van der Waals surface area contributed by atoms with Crippen LogP contribution >= 0.6 is 0 Å². The average molecular weight is 284 g/mol. The van der Waals surface area contributed by atoms with Crippen LogP contribution in [0.3, 0.4) is 0 Å². The second-order valence-corrected chi connectivity index (χ2v) is 5.32. The molecule has 0 fully saturated rings. The molecule has 1 aromatic heterocycles. The van der Waals surface area contributed by atoms with E-state index in [0.717, 1.165) is 42.5 Å². The van der Waals surface area contributed by atoms with Gasteiger partial charge in [0, 0.05) is 6.07 Å². The SMILES string of the molecule is O=C(O)c1cccc(Cn2nc3c(cc2=O)CCCC3)c1. The standard InChI is InChI=1S/C16H16N2O3/c19-15-9-12-5-1-2-7-14(12)17-18(15)10-11-4-3-6-13(8-11)16(20)21/h3-4,6,8-9H,1-2,5,7,10H2,(H,20,21). The van der Waals surface area contributed by atoms with Gasteiger partial charge in [-0.05, 0) is 48.9 Å². The lowest BCUT2D eigenvalue weighted by atomic mass is 9.97. The van der Waals surface area contributed by atoms with Crippen LogP contribution in [0.1, 0.15) is 40.0 Å². The van der Waals surface area contributed by atoms with Gasteiger partial charge in [-0.25, -0.2) is 9.48 Å². The number of rotatable bonds is 3. The van der Waals surface area contributed by atoms with Crippen LogP contribution in [0.25, 0.3) is 0 Å². The normalized spacial score (nSPS) is 13.7. The number of hydrogen-bond donors (Lipinski definition) is 1. The Kier molecular flexibility index (Phi) is 3.56. The first-order chi connectivity index (χ1) is 10.1. The number of carboxylic acids is 1. The third kappa shape index (κ3) is 2.86. The Morgan fingerprint density at radius 2 is 2.05 bits per heavy atom. The molecule has 0 spiro atoms. The van der Waals surface area contributed by atoms with Crippen LogP contribution in [0.4, 0.5) is 0 Å². The van der Waals surface area contributed by atoms with Gasteiger partial charge in [-0.3, -0.25) is 4.79 Å². The van der Waals surface area contributed by atoms with Gasteiger partial charge in [-0.2, -0.15) is 5.10 Å². The molecule has 0 unspecified atom stereocenters. The number of benzene rings is 1. The van der Waals surface area contributed by atoms with Gasteiger partial charge in [-0.1, -0.05) is 12.1 Å². The molecule has 0 aliphatic heterocycles. The topological polar surface area (TPSA) is 72.2 Å². The molecule has 1 aliphatic rings. The summed E-state index contributed by atoms with van der Waals surface area (Å²) in [7, 11) is 0. The molecule has 5 heteroatoms. The van der Waals surface area contributed by atoms with Crippen LogP contribution in [0.5, 0.6) is 0 Å². The minimum atomic E-state index is -0.970. The smallest absolute Gasteiger partial charge is 0.335 e. The highest BCUT2D eigenvalue weighted by Crippen LogP contribution is 2.17. The Morgan fingerprint density at radius 3 is 2.86 bits per heavy atom. The molecule has 1 heterocycles. The van der Waals surface area contributed by atoms with E-state index in [9.17, 15) is 9.59 Å². The molecule has 1 aromatic carbocycles. The third-order valence-electron chi connectivity index (χ3n) is 3.78. The first-order valence-corrected chi connectivity index (χ1v) is 7.05. The van der Waals surface area contributed by atoms with Gasteiger partial charge in [0.2, 0.25) is 0 Å². The van der Waals surface area contributed by atoms with Crippen molar-refractivity contribution in [2.75, 3.05) is 0 Å². The average Bonchev–Trinajstić information content (AvgIpc) is 2.48. The van der Waals surface area contributed by atoms with Crippen molar-refractivity contribution < 1.29 is 9.90 Å². The number of aromatic nitrogens is 2. The number of aryl methyl sites for hydroxylation is 2. The van der Waals surface area contributed by atoms with Gasteiger partial charge < -0.3 is 5.11 Å². The zero-order valence-electron chi connectivity index (χ0n) is 11.6. The highest BCUT2D eigenvalue weighted by atomic mass is 16.4. The molecule has 0 radical (unpaired) electrons. The fraction of sp³-hybridized carbons (Fsp3) is 0.312. The Morgan fingerprint density at radius 1 is 1.24 bits per heavy atom. The van der Waals surface area contributed by atoms with Crippen LogP contribution in [-0.4, -0.2) is 20.9 Å². The van der Waals surface area contributed by atoms with Crippen LogP contribution in [0, 0.1) is 0 Å². The van der Waals surface area contributed by atoms with Gasteiger partial charge in [-0.15, -0.1) is 0 Å². The van der Waals surface area contributed by atoms with Crippen molar-refractivity contribution in [2.45, 2.75) is 32.2 Å². The van der Waals surface area contributed by atoms with Crippen LogP contribution in [0.2, 0.25) is 0 Å². The van der Waals surface area contributed by atoms with Gasteiger partial charge in [0.25, 0.3) is 5.56 Å². The second-order valence-electron chi connectivity index (χ2n) is 5.32. The van der Waals surface area contributed by atoms with Crippen LogP contribution in [0.15, 0.2) is 35.1 Å². The van der Waals surface area contributed by atoms with Crippen molar-refractivity contribution in [3.8, 4) is 0 Å². The maximum atomic E-state index is 12.1. The van der Waals surface area contributed by atoms with E-state index in [1.54, 1.807) is 24.3 Å². The summed E-state index contributed by atoms with van der Waals surface area (Å²) in [5.74, 6) is -0.970. The van der Waals surface area contributed by atoms with Gasteiger partial charge in [0.15, 0.2) is 0 Å². The van der Waals surface area contributed by atoms with E-state index in [-0.39, 0.29) is 11.1 Å². The predicted molar refractivity (Wildman–Crippen MR) is 77.6 cm³/mol. The van der Waals surface area contributed by atoms with Crippen molar-refractivity contribution in [3.63, 3.8) is 0 Å². The molecule has 0 saturated carbocycles. The molecule has 0 bridgehead atoms. The van der Waals surface area contributed by atoms with E-state index in [1.165, 1.54) is 10.7 Å². The molecular formula is C16H16N2O3. The van der Waals surface area contributed by atoms with E-state index in [0.29, 0.717) is 6.54 Å². The molecule has 5 nitrogen and oxygen atoms in total. The van der Waals surface area contributed by atoms with Crippen molar-refractivity contribution in [3.05, 3.63) is 63.1 Å². The number of fused-ring (bicyclic) bond motifs is 1. The summed E-state index contributed by atoms with van der Waals surface area (Å²) in [6.07, 6.45) is 4.04. The van der Waals surface area contributed by atoms with E-state index in [4.69, 9.17) is 5.11 Å².